The van der Waals surface area contributed by atoms with Crippen molar-refractivity contribution in [3.05, 3.63) is 27.8 Å². The topological polar surface area (TPSA) is 71.8 Å². The number of aryl methyl sites for hydroxylation is 3. The summed E-state index contributed by atoms with van der Waals surface area (Å²) in [5.74, 6) is 0.615. The van der Waals surface area contributed by atoms with E-state index >= 15 is 0 Å². The molecule has 2 rings (SSSR count). The number of carbonyl (C=O) groups is 1. The van der Waals surface area contributed by atoms with Crippen LogP contribution in [0.4, 0.5) is 5.82 Å². The molecule has 21 heavy (non-hydrogen) atoms. The second-order valence-electron chi connectivity index (χ2n) is 4.96. The van der Waals surface area contributed by atoms with E-state index in [-0.39, 0.29) is 18.5 Å². The summed E-state index contributed by atoms with van der Waals surface area (Å²) in [6.07, 6.45) is 0.942. The molecule has 0 aliphatic carbocycles. The Morgan fingerprint density at radius 2 is 2.29 bits per heavy atom. The molecule has 0 aliphatic rings. The van der Waals surface area contributed by atoms with Crippen molar-refractivity contribution in [1.82, 2.24) is 20.1 Å². The van der Waals surface area contributed by atoms with Crippen LogP contribution in [-0.4, -0.2) is 27.2 Å². The number of hydrogen-bond acceptors (Lipinski definition) is 5. The summed E-state index contributed by atoms with van der Waals surface area (Å²) in [7, 11) is 1.81. The number of thiazole rings is 1. The van der Waals surface area contributed by atoms with Gasteiger partial charge in [0.25, 0.3) is 0 Å². The Morgan fingerprint density at radius 3 is 2.86 bits per heavy atom. The molecular weight excluding hydrogens is 286 g/mol. The summed E-state index contributed by atoms with van der Waals surface area (Å²) in [6.45, 7) is 6.23. The lowest BCUT2D eigenvalue weighted by atomic mass is 10.2. The highest BCUT2D eigenvalue weighted by molar-refractivity contribution is 7.09. The van der Waals surface area contributed by atoms with Gasteiger partial charge in [-0.2, -0.15) is 5.10 Å². The first-order valence-electron chi connectivity index (χ1n) is 6.97. The van der Waals surface area contributed by atoms with Gasteiger partial charge in [0.1, 0.15) is 5.82 Å². The van der Waals surface area contributed by atoms with Crippen molar-refractivity contribution in [2.75, 3.05) is 11.9 Å². The Hall–Kier alpha value is -1.73. The third kappa shape index (κ3) is 4.12. The van der Waals surface area contributed by atoms with Gasteiger partial charge in [-0.05, 0) is 20.3 Å². The summed E-state index contributed by atoms with van der Waals surface area (Å²) < 4.78 is 1.66. The highest BCUT2D eigenvalue weighted by atomic mass is 32.1. The highest BCUT2D eigenvalue weighted by Crippen LogP contribution is 2.16. The van der Waals surface area contributed by atoms with Gasteiger partial charge in [0.05, 0.1) is 22.9 Å². The van der Waals surface area contributed by atoms with Gasteiger partial charge in [0, 0.05) is 24.5 Å². The van der Waals surface area contributed by atoms with Crippen LogP contribution in [0.1, 0.15) is 36.3 Å². The molecule has 1 amide bonds. The number of nitrogens with one attached hydrogen (secondary N) is 2. The first kappa shape index (κ1) is 15.7. The van der Waals surface area contributed by atoms with Gasteiger partial charge in [-0.25, -0.2) is 4.98 Å². The van der Waals surface area contributed by atoms with E-state index < -0.39 is 0 Å². The molecule has 0 bridgehead atoms. The molecule has 114 valence electrons. The first-order chi connectivity index (χ1) is 9.99. The van der Waals surface area contributed by atoms with Crippen LogP contribution in [0.25, 0.3) is 0 Å². The van der Waals surface area contributed by atoms with Crippen molar-refractivity contribution in [2.24, 2.45) is 7.05 Å². The van der Waals surface area contributed by atoms with E-state index in [9.17, 15) is 4.79 Å². The minimum Gasteiger partial charge on any atom is -0.310 e. The number of rotatable bonds is 6. The molecule has 1 atom stereocenters. The number of hydrogen-bond donors (Lipinski definition) is 2. The Bertz CT molecular complexity index is 619. The average molecular weight is 307 g/mol. The lowest BCUT2D eigenvalue weighted by molar-refractivity contribution is -0.115. The molecule has 0 saturated carbocycles. The van der Waals surface area contributed by atoms with Gasteiger partial charge in [-0.1, -0.05) is 6.92 Å². The second kappa shape index (κ2) is 6.82. The van der Waals surface area contributed by atoms with Crippen LogP contribution in [0.15, 0.2) is 11.4 Å². The van der Waals surface area contributed by atoms with E-state index in [2.05, 4.69) is 27.6 Å². The zero-order valence-electron chi connectivity index (χ0n) is 12.8. The van der Waals surface area contributed by atoms with E-state index in [4.69, 9.17) is 0 Å². The van der Waals surface area contributed by atoms with E-state index in [0.717, 1.165) is 22.8 Å². The fourth-order valence-corrected chi connectivity index (χ4v) is 2.79. The van der Waals surface area contributed by atoms with Crippen LogP contribution in [0.2, 0.25) is 0 Å². The van der Waals surface area contributed by atoms with Crippen LogP contribution in [0.5, 0.6) is 0 Å². The van der Waals surface area contributed by atoms with Gasteiger partial charge in [0.15, 0.2) is 0 Å². The molecule has 0 saturated heterocycles. The monoisotopic (exact) mass is 307 g/mol. The molecule has 6 nitrogen and oxygen atoms in total. The zero-order chi connectivity index (χ0) is 15.4. The van der Waals surface area contributed by atoms with E-state index in [1.54, 1.807) is 23.1 Å². The van der Waals surface area contributed by atoms with E-state index in [0.29, 0.717) is 5.82 Å². The summed E-state index contributed by atoms with van der Waals surface area (Å²) in [5.41, 5.74) is 1.87. The maximum absolute atomic E-state index is 11.9. The number of nitrogens with zero attached hydrogens (tertiary/aromatic N) is 3. The minimum atomic E-state index is -0.0872. The Kier molecular flexibility index (Phi) is 5.08. The lowest BCUT2D eigenvalue weighted by Gasteiger charge is -2.11. The molecule has 2 N–H and O–H groups in total. The summed E-state index contributed by atoms with van der Waals surface area (Å²) in [6, 6.07) is 1.90. The molecule has 0 spiro atoms. The quantitative estimate of drug-likeness (QED) is 0.856. The van der Waals surface area contributed by atoms with Crippen molar-refractivity contribution < 1.29 is 4.79 Å². The molecule has 7 heteroatoms. The standard InChI is InChI=1S/C14H21N5OS/c1-5-14-16-11(8-21-14)10(3)15-7-13(20)17-12-6-9(2)18-19(12)4/h6,8,10,15H,5,7H2,1-4H3,(H,17,20)/t10-/m1/s1. The second-order valence-corrected chi connectivity index (χ2v) is 5.91. The molecular formula is C14H21N5OS. The largest absolute Gasteiger partial charge is 0.310 e. The SMILES string of the molecule is CCc1nc([C@@H](C)NCC(=O)Nc2cc(C)nn2C)cs1. The Balaban J connectivity index is 1.84. The number of amides is 1. The fraction of sp³-hybridized carbons (Fsp3) is 0.500. The van der Waals surface area contributed by atoms with Crippen molar-refractivity contribution in [3.8, 4) is 0 Å². The van der Waals surface area contributed by atoms with Crippen LogP contribution >= 0.6 is 11.3 Å². The van der Waals surface area contributed by atoms with Crippen LogP contribution in [0.3, 0.4) is 0 Å². The summed E-state index contributed by atoms with van der Waals surface area (Å²) >= 11 is 1.66. The van der Waals surface area contributed by atoms with Gasteiger partial charge in [-0.15, -0.1) is 11.3 Å². The first-order valence-corrected chi connectivity index (χ1v) is 7.85. The van der Waals surface area contributed by atoms with E-state index in [1.165, 1.54) is 0 Å². The molecule has 0 unspecified atom stereocenters. The van der Waals surface area contributed by atoms with E-state index in [1.807, 2.05) is 25.3 Å². The molecule has 0 aromatic carbocycles. The maximum Gasteiger partial charge on any atom is 0.239 e. The molecule has 2 aromatic rings. The molecule has 2 heterocycles. The molecule has 2 aromatic heterocycles. The normalized spacial score (nSPS) is 12.4. The van der Waals surface area contributed by atoms with Crippen molar-refractivity contribution in [2.45, 2.75) is 33.2 Å². The van der Waals surface area contributed by atoms with Crippen LogP contribution in [-0.2, 0) is 18.3 Å². The predicted octanol–water partition coefficient (Wildman–Crippen LogP) is 2.04. The summed E-state index contributed by atoms with van der Waals surface area (Å²) in [5, 5.41) is 13.4. The van der Waals surface area contributed by atoms with Crippen molar-refractivity contribution >= 4 is 23.1 Å². The summed E-state index contributed by atoms with van der Waals surface area (Å²) in [4.78, 5) is 16.5. The van der Waals surface area contributed by atoms with Gasteiger partial charge in [-0.3, -0.25) is 9.48 Å². The van der Waals surface area contributed by atoms with Crippen molar-refractivity contribution in [3.63, 3.8) is 0 Å². The lowest BCUT2D eigenvalue weighted by Crippen LogP contribution is -2.30. The number of aromatic nitrogens is 3. The third-order valence-electron chi connectivity index (χ3n) is 3.15. The van der Waals surface area contributed by atoms with Crippen LogP contribution in [0, 0.1) is 6.92 Å². The van der Waals surface area contributed by atoms with Crippen molar-refractivity contribution in [1.29, 1.82) is 0 Å². The highest BCUT2D eigenvalue weighted by Gasteiger charge is 2.12. The molecule has 0 radical (unpaired) electrons. The van der Waals surface area contributed by atoms with Gasteiger partial charge < -0.3 is 10.6 Å². The number of carbonyl (C=O) groups excluding carboxylic acids is 1. The maximum atomic E-state index is 11.9. The minimum absolute atomic E-state index is 0.0561. The third-order valence-corrected chi connectivity index (χ3v) is 4.17. The average Bonchev–Trinajstić information content (AvgIpc) is 3.03. The van der Waals surface area contributed by atoms with Gasteiger partial charge >= 0.3 is 0 Å². The zero-order valence-corrected chi connectivity index (χ0v) is 13.6. The Morgan fingerprint density at radius 1 is 1.52 bits per heavy atom. The molecule has 0 fully saturated rings. The smallest absolute Gasteiger partial charge is 0.239 e. The molecule has 0 aliphatic heterocycles. The van der Waals surface area contributed by atoms with Crippen LogP contribution < -0.4 is 10.6 Å². The Labute approximate surface area is 128 Å². The van der Waals surface area contributed by atoms with Gasteiger partial charge in [0.2, 0.25) is 5.91 Å². The predicted molar refractivity (Wildman–Crippen MR) is 84.5 cm³/mol. The number of anilines is 1. The fourth-order valence-electron chi connectivity index (χ4n) is 1.95.